The van der Waals surface area contributed by atoms with E-state index in [-0.39, 0.29) is 6.04 Å². The summed E-state index contributed by atoms with van der Waals surface area (Å²) >= 11 is 0. The van der Waals surface area contributed by atoms with E-state index in [1.165, 1.54) is 6.21 Å². The number of aliphatic hydroxyl groups is 1. The number of nitrogens with two attached hydrogens (primary N) is 2. The van der Waals surface area contributed by atoms with Gasteiger partial charge in [-0.15, -0.1) is 0 Å². The van der Waals surface area contributed by atoms with Gasteiger partial charge >= 0.3 is 0 Å². The van der Waals surface area contributed by atoms with Gasteiger partial charge in [-0.3, -0.25) is 14.7 Å². The number of hydrogen-bond acceptors (Lipinski definition) is 5. The molecule has 0 saturated heterocycles. The molecule has 6 heteroatoms. The summed E-state index contributed by atoms with van der Waals surface area (Å²) in [7, 11) is 0. The Kier molecular flexibility index (Phi) is 4.72. The molecule has 3 atom stereocenters. The molecule has 1 amide bonds. The van der Waals surface area contributed by atoms with Crippen molar-refractivity contribution in [3.63, 3.8) is 0 Å². The Hall–Kier alpha value is -1.76. The molecule has 114 valence electrons. The lowest BCUT2D eigenvalue weighted by Gasteiger charge is -2.37. The number of carbonyl (C=O) groups is 1. The minimum Gasteiger partial charge on any atom is -0.393 e. The van der Waals surface area contributed by atoms with Crippen LogP contribution in [-0.4, -0.2) is 46.6 Å². The van der Waals surface area contributed by atoms with Crippen molar-refractivity contribution in [2.75, 3.05) is 6.67 Å². The van der Waals surface area contributed by atoms with Crippen LogP contribution in [0.5, 0.6) is 0 Å². The van der Waals surface area contributed by atoms with Gasteiger partial charge in [-0.25, -0.2) is 0 Å². The Labute approximate surface area is 124 Å². The number of aliphatic imine (C=N–C) groups is 1. The van der Waals surface area contributed by atoms with Crippen LogP contribution in [0.25, 0.3) is 0 Å². The number of carbonyl (C=O) groups excluding carboxylic acids is 1. The molecule has 0 radical (unpaired) electrons. The molecule has 1 aliphatic rings. The fraction of sp³-hybridized carbons (Fsp3) is 0.467. The van der Waals surface area contributed by atoms with Crippen LogP contribution in [0.15, 0.2) is 35.3 Å². The van der Waals surface area contributed by atoms with Crippen molar-refractivity contribution in [2.45, 2.75) is 37.6 Å². The molecule has 0 fully saturated rings. The second-order valence-electron chi connectivity index (χ2n) is 5.54. The van der Waals surface area contributed by atoms with E-state index >= 15 is 0 Å². The van der Waals surface area contributed by atoms with Crippen LogP contribution in [-0.2, 0) is 11.2 Å². The molecule has 1 aromatic rings. The number of rotatable bonds is 6. The van der Waals surface area contributed by atoms with E-state index in [2.05, 4.69) is 4.99 Å². The van der Waals surface area contributed by atoms with Crippen molar-refractivity contribution in [1.29, 1.82) is 0 Å². The van der Waals surface area contributed by atoms with Gasteiger partial charge in [0.15, 0.2) is 5.66 Å². The Morgan fingerprint density at radius 3 is 2.71 bits per heavy atom. The smallest absolute Gasteiger partial charge is 0.258 e. The quantitative estimate of drug-likeness (QED) is 0.677. The van der Waals surface area contributed by atoms with Crippen molar-refractivity contribution >= 4 is 12.1 Å². The summed E-state index contributed by atoms with van der Waals surface area (Å²) in [6.45, 7) is 2.03. The molecule has 0 bridgehead atoms. The van der Waals surface area contributed by atoms with E-state index in [0.717, 1.165) is 5.56 Å². The molecule has 1 aliphatic heterocycles. The van der Waals surface area contributed by atoms with E-state index in [1.54, 1.807) is 11.8 Å². The summed E-state index contributed by atoms with van der Waals surface area (Å²) in [5.41, 5.74) is 11.3. The third-order valence-electron chi connectivity index (χ3n) is 3.76. The number of hydrogen-bond donors (Lipinski definition) is 3. The lowest BCUT2D eigenvalue weighted by molar-refractivity contribution is -0.126. The summed E-state index contributed by atoms with van der Waals surface area (Å²) in [5.74, 6) is -0.632. The zero-order valence-corrected chi connectivity index (χ0v) is 12.1. The van der Waals surface area contributed by atoms with Crippen molar-refractivity contribution in [1.82, 2.24) is 4.90 Å². The predicted molar refractivity (Wildman–Crippen MR) is 81.5 cm³/mol. The van der Waals surface area contributed by atoms with Gasteiger partial charge in [0.2, 0.25) is 0 Å². The zero-order chi connectivity index (χ0) is 15.5. The lowest BCUT2D eigenvalue weighted by Crippen LogP contribution is -2.66. The number of primary amides is 1. The van der Waals surface area contributed by atoms with Gasteiger partial charge in [-0.05, 0) is 25.3 Å². The first-order valence-corrected chi connectivity index (χ1v) is 7.02. The van der Waals surface area contributed by atoms with E-state index in [1.807, 2.05) is 30.3 Å². The topological polar surface area (TPSA) is 105 Å². The number of amides is 1. The Bertz CT molecular complexity index is 518. The van der Waals surface area contributed by atoms with Crippen molar-refractivity contribution in [3.8, 4) is 0 Å². The van der Waals surface area contributed by atoms with Gasteiger partial charge in [-0.2, -0.15) is 0 Å². The molecular weight excluding hydrogens is 268 g/mol. The van der Waals surface area contributed by atoms with Crippen LogP contribution < -0.4 is 11.5 Å². The Morgan fingerprint density at radius 1 is 1.48 bits per heavy atom. The third-order valence-corrected chi connectivity index (χ3v) is 3.76. The van der Waals surface area contributed by atoms with Gasteiger partial charge in [0.05, 0.1) is 12.8 Å². The minimum absolute atomic E-state index is 0.118. The maximum absolute atomic E-state index is 11.7. The molecule has 21 heavy (non-hydrogen) atoms. The number of benzene rings is 1. The van der Waals surface area contributed by atoms with Crippen LogP contribution in [0.2, 0.25) is 0 Å². The third kappa shape index (κ3) is 3.47. The van der Waals surface area contributed by atoms with Crippen LogP contribution in [0, 0.1) is 0 Å². The molecule has 0 aromatic heterocycles. The average molecular weight is 290 g/mol. The van der Waals surface area contributed by atoms with Crippen molar-refractivity contribution in [2.24, 2.45) is 16.5 Å². The molecule has 0 aliphatic carbocycles. The van der Waals surface area contributed by atoms with E-state index in [9.17, 15) is 9.90 Å². The fourth-order valence-corrected chi connectivity index (χ4v) is 2.68. The minimum atomic E-state index is -1.38. The second-order valence-corrected chi connectivity index (χ2v) is 5.54. The second kappa shape index (κ2) is 6.34. The van der Waals surface area contributed by atoms with Crippen LogP contribution >= 0.6 is 0 Å². The summed E-state index contributed by atoms with van der Waals surface area (Å²) < 4.78 is 0. The number of aliphatic hydroxyl groups excluding tert-OH is 1. The first-order valence-electron chi connectivity index (χ1n) is 7.02. The highest BCUT2D eigenvalue weighted by atomic mass is 16.3. The van der Waals surface area contributed by atoms with Crippen molar-refractivity contribution in [3.05, 3.63) is 35.9 Å². The number of nitrogens with zero attached hydrogens (tertiary/aromatic N) is 2. The molecule has 2 rings (SSSR count). The van der Waals surface area contributed by atoms with Gasteiger partial charge in [0.1, 0.15) is 0 Å². The predicted octanol–water partition coefficient (Wildman–Crippen LogP) is -0.147. The summed E-state index contributed by atoms with van der Waals surface area (Å²) in [4.78, 5) is 17.5. The summed E-state index contributed by atoms with van der Waals surface area (Å²) in [6, 6.07) is 9.76. The van der Waals surface area contributed by atoms with Gasteiger partial charge in [0.25, 0.3) is 5.91 Å². The van der Waals surface area contributed by atoms with Crippen LogP contribution in [0.3, 0.4) is 0 Å². The maximum atomic E-state index is 11.7. The highest BCUT2D eigenvalue weighted by molar-refractivity contribution is 6.02. The molecule has 1 aromatic carbocycles. The molecule has 5 N–H and O–H groups in total. The first kappa shape index (κ1) is 15.6. The van der Waals surface area contributed by atoms with Crippen LogP contribution in [0.4, 0.5) is 0 Å². The van der Waals surface area contributed by atoms with Gasteiger partial charge in [-0.1, -0.05) is 30.3 Å². The Balaban J connectivity index is 2.22. The molecule has 1 heterocycles. The monoisotopic (exact) mass is 290 g/mol. The zero-order valence-electron chi connectivity index (χ0n) is 12.1. The lowest BCUT2D eigenvalue weighted by atomic mass is 9.97. The standard InChI is InChI=1S/C15H22N4O2/c1-11(20)7-13(8-12-5-3-2-4-6-12)19-10-18-9-15(19,17)14(16)21/h2-6,9,11,13,20H,7-8,10,17H2,1H3,(H2,16,21). The SMILES string of the molecule is CC(O)CC(Cc1ccccc1)N1CN=CC1(N)C(N)=O. The highest BCUT2D eigenvalue weighted by Crippen LogP contribution is 2.23. The van der Waals surface area contributed by atoms with Crippen molar-refractivity contribution < 1.29 is 9.90 Å². The Morgan fingerprint density at radius 2 is 2.14 bits per heavy atom. The summed E-state index contributed by atoms with van der Waals surface area (Å²) in [6.07, 6.45) is 2.05. The molecule has 3 unspecified atom stereocenters. The largest absolute Gasteiger partial charge is 0.393 e. The fourth-order valence-electron chi connectivity index (χ4n) is 2.68. The van der Waals surface area contributed by atoms with Gasteiger partial charge in [0, 0.05) is 12.3 Å². The summed E-state index contributed by atoms with van der Waals surface area (Å²) in [5, 5.41) is 9.75. The molecule has 0 saturated carbocycles. The van der Waals surface area contributed by atoms with E-state index in [4.69, 9.17) is 11.5 Å². The van der Waals surface area contributed by atoms with Gasteiger partial charge < -0.3 is 16.6 Å². The average Bonchev–Trinajstić information content (AvgIpc) is 2.82. The highest BCUT2D eigenvalue weighted by Gasteiger charge is 2.44. The molecule has 0 spiro atoms. The normalized spacial score (nSPS) is 24.9. The molecule has 6 nitrogen and oxygen atoms in total. The molecular formula is C15H22N4O2. The van der Waals surface area contributed by atoms with E-state index in [0.29, 0.717) is 19.5 Å². The maximum Gasteiger partial charge on any atom is 0.258 e. The first-order chi connectivity index (χ1) is 9.93. The van der Waals surface area contributed by atoms with Crippen LogP contribution in [0.1, 0.15) is 18.9 Å². The van der Waals surface area contributed by atoms with E-state index < -0.39 is 17.7 Å².